The molecule has 1 aliphatic rings. The third-order valence-electron chi connectivity index (χ3n) is 4.29. The predicted molar refractivity (Wildman–Crippen MR) is 91.0 cm³/mol. The summed E-state index contributed by atoms with van der Waals surface area (Å²) in [5.41, 5.74) is 0. The van der Waals surface area contributed by atoms with Gasteiger partial charge in [-0.15, -0.1) is 11.3 Å². The van der Waals surface area contributed by atoms with Crippen molar-refractivity contribution in [1.29, 1.82) is 0 Å². The minimum absolute atomic E-state index is 0.182. The van der Waals surface area contributed by atoms with E-state index in [-0.39, 0.29) is 11.3 Å². The highest BCUT2D eigenvalue weighted by Gasteiger charge is 2.34. The maximum atomic E-state index is 11.9. The first-order valence-corrected chi connectivity index (χ1v) is 10.8. The van der Waals surface area contributed by atoms with Gasteiger partial charge in [0.1, 0.15) is 9.84 Å². The molecule has 1 aliphatic carbocycles. The lowest BCUT2D eigenvalue weighted by atomic mass is 9.83. The molecule has 1 saturated carbocycles. The Hall–Kier alpha value is -0.100. The number of hydrogen-bond donors (Lipinski definition) is 1. The van der Waals surface area contributed by atoms with Crippen LogP contribution in [-0.2, 0) is 9.84 Å². The fourth-order valence-electron chi connectivity index (χ4n) is 3.17. The average molecular weight is 350 g/mol. The van der Waals surface area contributed by atoms with E-state index in [9.17, 15) is 8.42 Å². The molecule has 3 unspecified atom stereocenters. The van der Waals surface area contributed by atoms with E-state index in [0.717, 1.165) is 48.5 Å². The lowest BCUT2D eigenvalue weighted by molar-refractivity contribution is 0.276. The van der Waals surface area contributed by atoms with E-state index in [4.69, 9.17) is 11.6 Å². The van der Waals surface area contributed by atoms with Gasteiger partial charge in [-0.2, -0.15) is 0 Å². The number of sulfone groups is 1. The molecule has 2 rings (SSSR count). The smallest absolute Gasteiger partial charge is 0.150 e. The van der Waals surface area contributed by atoms with Crippen LogP contribution in [0.3, 0.4) is 0 Å². The standard InChI is InChI=1S/C15H24ClNO2S2/c1-3-8-17-14(15-13(16)7-9-20-15)11-5-4-6-12(10-11)21(2,18)19/h7,9,11-12,14,17H,3-6,8,10H2,1-2H3. The van der Waals surface area contributed by atoms with E-state index < -0.39 is 9.84 Å². The predicted octanol–water partition coefficient (Wildman–Crippen LogP) is 4.05. The summed E-state index contributed by atoms with van der Waals surface area (Å²) in [7, 11) is -2.95. The zero-order valence-electron chi connectivity index (χ0n) is 12.6. The lowest BCUT2D eigenvalue weighted by Gasteiger charge is -2.34. The molecule has 0 aliphatic heterocycles. The van der Waals surface area contributed by atoms with Gasteiger partial charge in [0, 0.05) is 17.2 Å². The quantitative estimate of drug-likeness (QED) is 0.842. The Balaban J connectivity index is 2.18. The van der Waals surface area contributed by atoms with Gasteiger partial charge in [0.2, 0.25) is 0 Å². The van der Waals surface area contributed by atoms with Crippen LogP contribution >= 0.6 is 22.9 Å². The SMILES string of the molecule is CCCNC(c1sccc1Cl)C1CCCC(S(C)(=O)=O)C1. The number of rotatable bonds is 6. The molecule has 1 fully saturated rings. The summed E-state index contributed by atoms with van der Waals surface area (Å²) in [5, 5.41) is 6.20. The van der Waals surface area contributed by atoms with Crippen LogP contribution in [-0.4, -0.2) is 26.5 Å². The van der Waals surface area contributed by atoms with Crippen LogP contribution in [0.25, 0.3) is 0 Å². The summed E-state index contributed by atoms with van der Waals surface area (Å²) < 4.78 is 23.8. The Labute approximate surface area is 137 Å². The highest BCUT2D eigenvalue weighted by molar-refractivity contribution is 7.91. The minimum Gasteiger partial charge on any atom is -0.309 e. The molecule has 0 amide bonds. The maximum absolute atomic E-state index is 11.9. The third kappa shape index (κ3) is 4.44. The second kappa shape index (κ2) is 7.44. The Morgan fingerprint density at radius 3 is 2.81 bits per heavy atom. The Kier molecular flexibility index (Phi) is 6.12. The van der Waals surface area contributed by atoms with Gasteiger partial charge in [-0.3, -0.25) is 0 Å². The highest BCUT2D eigenvalue weighted by atomic mass is 35.5. The summed E-state index contributed by atoms with van der Waals surface area (Å²) in [4.78, 5) is 1.16. The molecule has 1 aromatic rings. The van der Waals surface area contributed by atoms with Crippen LogP contribution in [0.4, 0.5) is 0 Å². The van der Waals surface area contributed by atoms with Gasteiger partial charge >= 0.3 is 0 Å². The first-order chi connectivity index (χ1) is 9.93. The topological polar surface area (TPSA) is 46.2 Å². The van der Waals surface area contributed by atoms with Crippen LogP contribution in [0.15, 0.2) is 11.4 Å². The van der Waals surface area contributed by atoms with Crippen LogP contribution in [0.5, 0.6) is 0 Å². The van der Waals surface area contributed by atoms with Gasteiger partial charge in [-0.05, 0) is 49.6 Å². The van der Waals surface area contributed by atoms with Gasteiger partial charge in [-0.1, -0.05) is 24.9 Å². The molecular formula is C15H24ClNO2S2. The zero-order chi connectivity index (χ0) is 15.5. The van der Waals surface area contributed by atoms with Crippen molar-refractivity contribution >= 4 is 32.8 Å². The van der Waals surface area contributed by atoms with Gasteiger partial charge in [0.25, 0.3) is 0 Å². The van der Waals surface area contributed by atoms with Crippen molar-refractivity contribution in [1.82, 2.24) is 5.32 Å². The molecule has 0 spiro atoms. The summed E-state index contributed by atoms with van der Waals surface area (Å²) in [6.07, 6.45) is 6.02. The number of thiophene rings is 1. The van der Waals surface area contributed by atoms with Crippen molar-refractivity contribution in [2.45, 2.75) is 50.3 Å². The maximum Gasteiger partial charge on any atom is 0.150 e. The molecule has 21 heavy (non-hydrogen) atoms. The largest absolute Gasteiger partial charge is 0.309 e. The van der Waals surface area contributed by atoms with Crippen molar-refractivity contribution in [3.8, 4) is 0 Å². The third-order valence-corrected chi connectivity index (χ3v) is 7.37. The fourth-order valence-corrected chi connectivity index (χ4v) is 5.71. The van der Waals surface area contributed by atoms with Crippen molar-refractivity contribution < 1.29 is 8.42 Å². The number of hydrogen-bond acceptors (Lipinski definition) is 4. The minimum atomic E-state index is -2.95. The van der Waals surface area contributed by atoms with Gasteiger partial charge in [0.05, 0.1) is 10.3 Å². The van der Waals surface area contributed by atoms with Gasteiger partial charge < -0.3 is 5.32 Å². The van der Waals surface area contributed by atoms with Gasteiger partial charge in [0.15, 0.2) is 0 Å². The second-order valence-electron chi connectivity index (χ2n) is 5.94. The number of nitrogens with one attached hydrogen (secondary N) is 1. The van der Waals surface area contributed by atoms with E-state index in [2.05, 4.69) is 12.2 Å². The molecule has 0 radical (unpaired) electrons. The molecule has 1 N–H and O–H groups in total. The first-order valence-electron chi connectivity index (χ1n) is 7.58. The van der Waals surface area contributed by atoms with Crippen molar-refractivity contribution in [3.63, 3.8) is 0 Å². The molecule has 0 aromatic carbocycles. The van der Waals surface area contributed by atoms with E-state index in [0.29, 0.717) is 5.92 Å². The van der Waals surface area contributed by atoms with Crippen LogP contribution < -0.4 is 5.32 Å². The molecule has 120 valence electrons. The summed E-state index contributed by atoms with van der Waals surface area (Å²) in [6, 6.07) is 2.11. The van der Waals surface area contributed by atoms with E-state index in [1.165, 1.54) is 6.26 Å². The highest BCUT2D eigenvalue weighted by Crippen LogP contribution is 2.40. The lowest BCUT2D eigenvalue weighted by Crippen LogP contribution is -2.35. The summed E-state index contributed by atoms with van der Waals surface area (Å²) in [6.45, 7) is 3.07. The normalized spacial score (nSPS) is 24.9. The summed E-state index contributed by atoms with van der Waals surface area (Å²) >= 11 is 7.98. The molecule has 1 aromatic heterocycles. The van der Waals surface area contributed by atoms with E-state index in [1.807, 2.05) is 11.4 Å². The average Bonchev–Trinajstić information content (AvgIpc) is 2.85. The molecular weight excluding hydrogens is 326 g/mol. The second-order valence-corrected chi connectivity index (χ2v) is 9.62. The molecule has 6 heteroatoms. The van der Waals surface area contributed by atoms with Gasteiger partial charge in [-0.25, -0.2) is 8.42 Å². The van der Waals surface area contributed by atoms with Crippen molar-refractivity contribution in [3.05, 3.63) is 21.3 Å². The van der Waals surface area contributed by atoms with Crippen LogP contribution in [0, 0.1) is 5.92 Å². The van der Waals surface area contributed by atoms with Crippen molar-refractivity contribution in [2.24, 2.45) is 5.92 Å². The van der Waals surface area contributed by atoms with Crippen LogP contribution in [0.2, 0.25) is 5.02 Å². The fraction of sp³-hybridized carbons (Fsp3) is 0.733. The molecule has 0 bridgehead atoms. The molecule has 3 nitrogen and oxygen atoms in total. The van der Waals surface area contributed by atoms with Crippen LogP contribution in [0.1, 0.15) is 49.9 Å². The first kappa shape index (κ1) is 17.3. The molecule has 3 atom stereocenters. The Morgan fingerprint density at radius 1 is 1.48 bits per heavy atom. The zero-order valence-corrected chi connectivity index (χ0v) is 15.0. The van der Waals surface area contributed by atoms with Crippen molar-refractivity contribution in [2.75, 3.05) is 12.8 Å². The number of halogens is 1. The molecule has 0 saturated heterocycles. The van der Waals surface area contributed by atoms with E-state index in [1.54, 1.807) is 11.3 Å². The monoisotopic (exact) mass is 349 g/mol. The van der Waals surface area contributed by atoms with E-state index >= 15 is 0 Å². The molecule has 1 heterocycles. The Bertz CT molecular complexity index is 556. The Morgan fingerprint density at radius 2 is 2.24 bits per heavy atom. The summed E-state index contributed by atoms with van der Waals surface area (Å²) in [5.74, 6) is 0.348.